The third-order valence-electron chi connectivity index (χ3n) is 7.13. The molecule has 1 unspecified atom stereocenters. The first-order valence-corrected chi connectivity index (χ1v) is 13.0. The topological polar surface area (TPSA) is 85.2 Å². The van der Waals surface area contributed by atoms with Crippen molar-refractivity contribution in [1.82, 2.24) is 24.6 Å². The minimum absolute atomic E-state index is 0.472. The molecule has 0 bridgehead atoms. The molecule has 1 N–H and O–H groups in total. The van der Waals surface area contributed by atoms with Crippen molar-refractivity contribution in [1.29, 1.82) is 0 Å². The number of anilines is 1. The highest BCUT2D eigenvalue weighted by atomic mass is 32.1. The average Bonchev–Trinajstić information content (AvgIpc) is 3.60. The molecule has 2 aliphatic rings. The van der Waals surface area contributed by atoms with Gasteiger partial charge in [-0.3, -0.25) is 15.2 Å². The summed E-state index contributed by atoms with van der Waals surface area (Å²) in [4.78, 5) is 24.5. The molecular weight excluding hydrogens is 472 g/mol. The summed E-state index contributed by atoms with van der Waals surface area (Å²) >= 11 is 1.46. The van der Waals surface area contributed by atoms with Gasteiger partial charge in [0.1, 0.15) is 0 Å². The molecule has 36 heavy (non-hydrogen) atoms. The average molecular weight is 501 g/mol. The van der Waals surface area contributed by atoms with Gasteiger partial charge in [0.25, 0.3) is 0 Å². The van der Waals surface area contributed by atoms with Gasteiger partial charge in [0.2, 0.25) is 0 Å². The van der Waals surface area contributed by atoms with E-state index in [1.807, 2.05) is 23.9 Å². The number of pyridine rings is 1. The van der Waals surface area contributed by atoms with Crippen molar-refractivity contribution in [3.63, 3.8) is 0 Å². The smallest absolute Gasteiger partial charge is 0.413 e. The number of fused-ring (bicyclic) bond motifs is 3. The van der Waals surface area contributed by atoms with Crippen molar-refractivity contribution in [3.05, 3.63) is 65.1 Å². The van der Waals surface area contributed by atoms with E-state index in [0.717, 1.165) is 58.3 Å². The molecule has 0 saturated carbocycles. The second-order valence-corrected chi connectivity index (χ2v) is 10.4. The van der Waals surface area contributed by atoms with Crippen molar-refractivity contribution in [2.75, 3.05) is 26.0 Å². The van der Waals surface area contributed by atoms with Gasteiger partial charge in [0, 0.05) is 29.1 Å². The first kappa shape index (κ1) is 22.9. The Morgan fingerprint density at radius 3 is 2.69 bits per heavy atom. The van der Waals surface area contributed by atoms with E-state index in [4.69, 9.17) is 9.84 Å². The maximum Gasteiger partial charge on any atom is 0.413 e. The molecule has 1 aliphatic heterocycles. The molecule has 184 valence electrons. The number of ether oxygens (including phenoxy) is 1. The molecule has 8 nitrogen and oxygen atoms in total. The van der Waals surface area contributed by atoms with Crippen LogP contribution in [0.2, 0.25) is 0 Å². The second-order valence-electron chi connectivity index (χ2n) is 9.42. The second kappa shape index (κ2) is 9.15. The zero-order chi connectivity index (χ0) is 24.8. The summed E-state index contributed by atoms with van der Waals surface area (Å²) in [5, 5.41) is 8.38. The number of aromatic nitrogens is 4. The molecule has 1 aromatic carbocycles. The summed E-state index contributed by atoms with van der Waals surface area (Å²) in [6, 6.07) is 13.4. The Morgan fingerprint density at radius 1 is 1.17 bits per heavy atom. The first-order chi connectivity index (χ1) is 17.5. The molecule has 1 fully saturated rings. The fraction of sp³-hybridized carbons (Fsp3) is 0.333. The fourth-order valence-electron chi connectivity index (χ4n) is 5.26. The molecule has 1 amide bonds. The van der Waals surface area contributed by atoms with Crippen molar-refractivity contribution in [3.8, 4) is 27.5 Å². The van der Waals surface area contributed by atoms with Gasteiger partial charge in [-0.15, -0.1) is 0 Å². The molecule has 1 saturated heterocycles. The number of hydrogen-bond acceptors (Lipinski definition) is 7. The summed E-state index contributed by atoms with van der Waals surface area (Å²) in [5.74, 6) is 0. The number of thiazole rings is 1. The van der Waals surface area contributed by atoms with Crippen molar-refractivity contribution < 1.29 is 9.53 Å². The number of likely N-dealkylation sites (tertiary alicyclic amines) is 1. The molecule has 4 heterocycles. The van der Waals surface area contributed by atoms with E-state index in [0.29, 0.717) is 11.2 Å². The highest BCUT2D eigenvalue weighted by molar-refractivity contribution is 7.19. The van der Waals surface area contributed by atoms with Crippen molar-refractivity contribution >= 4 is 22.6 Å². The number of rotatable bonds is 4. The van der Waals surface area contributed by atoms with Crippen LogP contribution >= 0.6 is 11.3 Å². The lowest BCUT2D eigenvalue weighted by Crippen LogP contribution is -2.17. The highest BCUT2D eigenvalue weighted by Gasteiger charge is 2.30. The molecule has 6 rings (SSSR count). The number of hydrogen-bond donors (Lipinski definition) is 1. The van der Waals surface area contributed by atoms with Crippen LogP contribution in [-0.2, 0) is 17.6 Å². The van der Waals surface area contributed by atoms with Gasteiger partial charge in [-0.25, -0.2) is 14.5 Å². The van der Waals surface area contributed by atoms with Crippen LogP contribution in [0.1, 0.15) is 41.4 Å². The van der Waals surface area contributed by atoms with Crippen LogP contribution in [-0.4, -0.2) is 51.4 Å². The standard InChI is InChI=1S/C27H28N6O2S/c1-16-6-7-18(15-28-16)23-20-12-13-21-25(36-26(29-21)30-27(34)35-3)24(20)33(31-23)19-10-8-17(9-11-19)22-5-4-14-32(22)2/h6-11,15,22H,4-5,12-14H2,1-3H3,(H,29,30,34). The van der Waals surface area contributed by atoms with Gasteiger partial charge < -0.3 is 4.74 Å². The summed E-state index contributed by atoms with van der Waals surface area (Å²) in [7, 11) is 3.55. The Labute approximate surface area is 214 Å². The zero-order valence-electron chi connectivity index (χ0n) is 20.6. The number of nitrogens with one attached hydrogen (secondary N) is 1. The molecule has 3 aromatic heterocycles. The quantitative estimate of drug-likeness (QED) is 0.403. The Hall–Kier alpha value is -3.56. The maximum absolute atomic E-state index is 11.8. The number of nitrogens with zero attached hydrogens (tertiary/aromatic N) is 5. The van der Waals surface area contributed by atoms with E-state index in [1.165, 1.54) is 42.4 Å². The maximum atomic E-state index is 11.8. The molecule has 0 radical (unpaired) electrons. The van der Waals surface area contributed by atoms with Crippen molar-refractivity contribution in [2.45, 2.75) is 38.6 Å². The molecule has 1 aliphatic carbocycles. The van der Waals surface area contributed by atoms with Gasteiger partial charge in [-0.05, 0) is 76.0 Å². The Kier molecular flexibility index (Phi) is 5.81. The molecule has 9 heteroatoms. The van der Waals surface area contributed by atoms with Gasteiger partial charge in [0.05, 0.1) is 34.8 Å². The number of methoxy groups -OCH3 is 1. The van der Waals surface area contributed by atoms with Crippen LogP contribution in [0, 0.1) is 6.92 Å². The van der Waals surface area contributed by atoms with Gasteiger partial charge >= 0.3 is 6.09 Å². The first-order valence-electron chi connectivity index (χ1n) is 12.2. The van der Waals surface area contributed by atoms with Crippen molar-refractivity contribution in [2.24, 2.45) is 0 Å². The largest absolute Gasteiger partial charge is 0.453 e. The van der Waals surface area contributed by atoms with Crippen LogP contribution in [0.3, 0.4) is 0 Å². The SMILES string of the molecule is COC(=O)Nc1nc2c(s1)-c1c(c(-c3ccc(C)nc3)nn1-c1ccc(C3CCCN3C)cc1)CC2. The predicted octanol–water partition coefficient (Wildman–Crippen LogP) is 5.41. The van der Waals surface area contributed by atoms with Gasteiger partial charge in [-0.2, -0.15) is 5.10 Å². The van der Waals surface area contributed by atoms with Crippen LogP contribution in [0.5, 0.6) is 0 Å². The Morgan fingerprint density at radius 2 is 2.00 bits per heavy atom. The Bertz CT molecular complexity index is 1420. The molecule has 0 spiro atoms. The number of aryl methyl sites for hydroxylation is 2. The lowest BCUT2D eigenvalue weighted by atomic mass is 9.95. The molecule has 1 atom stereocenters. The minimum atomic E-state index is -0.520. The third-order valence-corrected chi connectivity index (χ3v) is 8.15. The van der Waals surface area contributed by atoms with Gasteiger partial charge in [-0.1, -0.05) is 23.5 Å². The molecule has 4 aromatic rings. The van der Waals surface area contributed by atoms with E-state index in [2.05, 4.69) is 57.6 Å². The lowest BCUT2D eigenvalue weighted by Gasteiger charge is -2.20. The van der Waals surface area contributed by atoms with Crippen LogP contribution in [0.25, 0.3) is 27.5 Å². The highest BCUT2D eigenvalue weighted by Crippen LogP contribution is 2.44. The molecular formula is C27H28N6O2S. The summed E-state index contributed by atoms with van der Waals surface area (Å²) < 4.78 is 6.80. The zero-order valence-corrected chi connectivity index (χ0v) is 21.4. The fourth-order valence-corrected chi connectivity index (χ4v) is 6.31. The summed E-state index contributed by atoms with van der Waals surface area (Å²) in [6.07, 6.45) is 5.41. The monoisotopic (exact) mass is 500 g/mol. The number of carbonyl (C=O) groups is 1. The Balaban J connectivity index is 1.47. The van der Waals surface area contributed by atoms with Crippen LogP contribution in [0.4, 0.5) is 9.93 Å². The summed E-state index contributed by atoms with van der Waals surface area (Å²) in [5.41, 5.74) is 8.45. The minimum Gasteiger partial charge on any atom is -0.453 e. The predicted molar refractivity (Wildman–Crippen MR) is 141 cm³/mol. The number of amides is 1. The van der Waals surface area contributed by atoms with Crippen LogP contribution in [0.15, 0.2) is 42.6 Å². The number of benzene rings is 1. The third kappa shape index (κ3) is 3.98. The van der Waals surface area contributed by atoms with E-state index in [-0.39, 0.29) is 0 Å². The summed E-state index contributed by atoms with van der Waals surface area (Å²) in [6.45, 7) is 3.13. The number of carbonyl (C=O) groups excluding carboxylic acids is 1. The van der Waals surface area contributed by atoms with E-state index in [9.17, 15) is 4.79 Å². The van der Waals surface area contributed by atoms with Gasteiger partial charge in [0.15, 0.2) is 5.13 Å². The normalized spacial score (nSPS) is 17.0. The van der Waals surface area contributed by atoms with E-state index in [1.54, 1.807) is 0 Å². The van der Waals surface area contributed by atoms with E-state index >= 15 is 0 Å². The van der Waals surface area contributed by atoms with Crippen LogP contribution < -0.4 is 5.32 Å². The van der Waals surface area contributed by atoms with E-state index < -0.39 is 6.09 Å². The lowest BCUT2D eigenvalue weighted by molar-refractivity contribution is 0.187.